The molecule has 0 bridgehead atoms. The number of anilines is 2. The number of nitrogens with one attached hydrogen (secondary N) is 4. The smallest absolute Gasteiger partial charge is 0.329 e. The number of thioether (sulfide) groups is 1. The third-order valence-electron chi connectivity index (χ3n) is 8.96. The van der Waals surface area contributed by atoms with Gasteiger partial charge in [0.05, 0.1) is 0 Å². The number of rotatable bonds is 15. The standard InChI is InChI=1S/C36H36B10N4O6S/c1-14(2)12-36(4,5)56-33(52)21(11-18-24(39)28(43)31(46)29(44)25(18)40)50-35(54)48-19-9-16(8-7-15(19)3)47-34(53)49-20(32(51)55-13-57-6)10-17-22(37)26(41)30(45)27(42)23(17)38/h7-9,14,20-21H,10-13H2,1-6H3,(H2,47,49,53)(H2,48,50,54)/t20-,21-/m0/s1. The molecule has 4 amide bonds. The average Bonchev–Trinajstić information content (AvgIpc) is 3.13. The van der Waals surface area contributed by atoms with Gasteiger partial charge in [-0.05, 0) is 57.1 Å². The van der Waals surface area contributed by atoms with Gasteiger partial charge in [0.2, 0.25) is 0 Å². The molecule has 0 aliphatic rings. The van der Waals surface area contributed by atoms with Gasteiger partial charge in [-0.2, -0.15) is 0 Å². The van der Waals surface area contributed by atoms with Crippen LogP contribution in [0, 0.1) is 12.8 Å². The van der Waals surface area contributed by atoms with E-state index in [1.165, 1.54) is 17.8 Å². The summed E-state index contributed by atoms with van der Waals surface area (Å²) in [7, 11) is 60.8. The Morgan fingerprint density at radius 2 is 1.09 bits per heavy atom. The molecule has 2 atom stereocenters. The largest absolute Gasteiger partial charge is 0.458 e. The van der Waals surface area contributed by atoms with E-state index in [0.29, 0.717) is 12.0 Å². The van der Waals surface area contributed by atoms with Crippen molar-refractivity contribution in [2.75, 3.05) is 22.8 Å². The van der Waals surface area contributed by atoms with Gasteiger partial charge in [-0.15, -0.1) is 66.4 Å². The zero-order valence-electron chi connectivity index (χ0n) is 32.9. The van der Waals surface area contributed by atoms with Crippen molar-refractivity contribution >= 4 is 180 Å². The molecule has 3 aromatic carbocycles. The van der Waals surface area contributed by atoms with Gasteiger partial charge >= 0.3 is 24.0 Å². The predicted molar refractivity (Wildman–Crippen MR) is 241 cm³/mol. The number of benzene rings is 3. The van der Waals surface area contributed by atoms with Crippen LogP contribution in [-0.2, 0) is 31.9 Å². The summed E-state index contributed by atoms with van der Waals surface area (Å²) in [6, 6.07) is 0.392. The maximum Gasteiger partial charge on any atom is 0.329 e. The van der Waals surface area contributed by atoms with Gasteiger partial charge < -0.3 is 30.7 Å². The quantitative estimate of drug-likeness (QED) is 0.0692. The Hall–Kier alpha value is -3.86. The normalized spacial score (nSPS) is 12.3. The van der Waals surface area contributed by atoms with Crippen molar-refractivity contribution in [2.45, 2.75) is 71.6 Å². The van der Waals surface area contributed by atoms with Crippen LogP contribution in [0.4, 0.5) is 21.0 Å². The van der Waals surface area contributed by atoms with Crippen molar-refractivity contribution in [1.29, 1.82) is 0 Å². The summed E-state index contributed by atoms with van der Waals surface area (Å²) in [5, 5.41) is 10.5. The maximum atomic E-state index is 13.7. The first-order chi connectivity index (χ1) is 26.5. The molecule has 3 rings (SSSR count). The van der Waals surface area contributed by atoms with E-state index in [2.05, 4.69) is 21.3 Å². The molecule has 272 valence electrons. The molecule has 0 aromatic heterocycles. The minimum absolute atomic E-state index is 0.0000335. The molecule has 0 aliphatic carbocycles. The Bertz CT molecular complexity index is 1980. The van der Waals surface area contributed by atoms with Gasteiger partial charge in [0.25, 0.3) is 0 Å². The molecule has 0 saturated carbocycles. The molecule has 20 radical (unpaired) electrons. The first-order valence-electron chi connectivity index (χ1n) is 17.6. The molecule has 21 heteroatoms. The van der Waals surface area contributed by atoms with E-state index in [0.717, 1.165) is 0 Å². The van der Waals surface area contributed by atoms with Crippen LogP contribution in [0.25, 0.3) is 0 Å². The molecular formula is C36H36B10N4O6S. The molecule has 4 N–H and O–H groups in total. The van der Waals surface area contributed by atoms with Crippen molar-refractivity contribution in [3.8, 4) is 0 Å². The number of carbonyl (C=O) groups excluding carboxylic acids is 4. The first-order valence-corrected chi connectivity index (χ1v) is 19.0. The van der Waals surface area contributed by atoms with E-state index in [-0.39, 0.29) is 102 Å². The fourth-order valence-electron chi connectivity index (χ4n) is 6.11. The average molecular weight is 761 g/mol. The minimum atomic E-state index is -1.33. The molecule has 0 heterocycles. The molecule has 10 nitrogen and oxygen atoms in total. The Kier molecular flexibility index (Phi) is 16.8. The highest BCUT2D eigenvalue weighted by molar-refractivity contribution is 7.98. The maximum absolute atomic E-state index is 13.7. The second-order valence-corrected chi connectivity index (χ2v) is 15.3. The van der Waals surface area contributed by atoms with Crippen molar-refractivity contribution in [2.24, 2.45) is 5.92 Å². The van der Waals surface area contributed by atoms with Crippen LogP contribution in [0.3, 0.4) is 0 Å². The second kappa shape index (κ2) is 20.2. The van der Waals surface area contributed by atoms with Crippen molar-refractivity contribution in [3.05, 3.63) is 34.9 Å². The van der Waals surface area contributed by atoms with E-state index in [1.807, 2.05) is 13.8 Å². The van der Waals surface area contributed by atoms with Crippen molar-refractivity contribution in [3.63, 3.8) is 0 Å². The highest BCUT2D eigenvalue weighted by Crippen LogP contribution is 2.22. The minimum Gasteiger partial charge on any atom is -0.458 e. The second-order valence-electron chi connectivity index (χ2n) is 14.5. The lowest BCUT2D eigenvalue weighted by Crippen LogP contribution is -2.58. The van der Waals surface area contributed by atoms with Crippen molar-refractivity contribution < 1.29 is 28.7 Å². The van der Waals surface area contributed by atoms with Gasteiger partial charge in [-0.3, -0.25) is 0 Å². The van der Waals surface area contributed by atoms with Crippen LogP contribution < -0.4 is 75.9 Å². The number of urea groups is 2. The number of hydrogen-bond acceptors (Lipinski definition) is 7. The van der Waals surface area contributed by atoms with Crippen LogP contribution >= 0.6 is 11.8 Å². The monoisotopic (exact) mass is 762 g/mol. The SMILES string of the molecule is [B]c1c([B])c([B])c(C[C@H](NC(=O)Nc2ccc(C)c(NC(=O)N[C@@H](Cc3c([B])c([B])c([B])c([B])c3[B])C(=O)OC(C)(C)CC(C)C)c2)C(=O)OCSC)c([B])c1[B]. The van der Waals surface area contributed by atoms with Crippen LogP contribution in [0.15, 0.2) is 18.2 Å². The summed E-state index contributed by atoms with van der Waals surface area (Å²) in [4.78, 5) is 53.6. The van der Waals surface area contributed by atoms with Crippen LogP contribution in [0.1, 0.15) is 50.8 Å². The number of carbonyl (C=O) groups is 4. The molecule has 0 unspecified atom stereocenters. The number of aryl methyl sites for hydroxylation is 1. The fraction of sp³-hybridized carbons (Fsp3) is 0.389. The lowest BCUT2D eigenvalue weighted by molar-refractivity contribution is -0.160. The molecule has 57 heavy (non-hydrogen) atoms. The number of hydrogen-bond donors (Lipinski definition) is 4. The van der Waals surface area contributed by atoms with E-state index in [9.17, 15) is 19.2 Å². The molecule has 3 aromatic rings. The summed E-state index contributed by atoms with van der Waals surface area (Å²) < 4.78 is 11.1. The van der Waals surface area contributed by atoms with Crippen molar-refractivity contribution in [1.82, 2.24) is 10.6 Å². The Morgan fingerprint density at radius 1 is 0.667 bits per heavy atom. The van der Waals surface area contributed by atoms with E-state index in [1.54, 1.807) is 39.2 Å². The van der Waals surface area contributed by atoms with Crippen LogP contribution in [0.5, 0.6) is 0 Å². The van der Waals surface area contributed by atoms with Gasteiger partial charge in [0.15, 0.2) is 0 Å². The van der Waals surface area contributed by atoms with Gasteiger partial charge in [-0.25, -0.2) is 19.2 Å². The van der Waals surface area contributed by atoms with Crippen LogP contribution in [-0.4, -0.2) is 132 Å². The zero-order chi connectivity index (χ0) is 43.1. The summed E-state index contributed by atoms with van der Waals surface area (Å²) in [5.41, 5.74) is 0.450. The molecule has 0 spiro atoms. The van der Waals surface area contributed by atoms with Gasteiger partial charge in [-0.1, -0.05) is 31.0 Å². The summed E-state index contributed by atoms with van der Waals surface area (Å²) in [5.74, 6) is -1.37. The lowest BCUT2D eigenvalue weighted by atomic mass is 9.60. The molecular weight excluding hydrogens is 725 g/mol. The third-order valence-corrected chi connectivity index (χ3v) is 9.31. The van der Waals surface area contributed by atoms with Gasteiger partial charge in [0.1, 0.15) is 102 Å². The fourth-order valence-corrected chi connectivity index (χ4v) is 6.34. The first kappa shape index (κ1) is 47.5. The van der Waals surface area contributed by atoms with E-state index < -0.39 is 41.7 Å². The van der Waals surface area contributed by atoms with E-state index in [4.69, 9.17) is 87.9 Å². The number of esters is 2. The zero-order valence-corrected chi connectivity index (χ0v) is 33.7. The number of ether oxygens (including phenoxy) is 2. The topological polar surface area (TPSA) is 135 Å². The Balaban J connectivity index is 1.87. The lowest BCUT2D eigenvalue weighted by Gasteiger charge is -2.30. The summed E-state index contributed by atoms with van der Waals surface area (Å²) in [6.07, 6.45) is 1.77. The molecule has 0 aliphatic heterocycles. The third kappa shape index (κ3) is 12.3. The molecule has 0 saturated heterocycles. The predicted octanol–water partition coefficient (Wildman–Crippen LogP) is -5.37. The molecule has 0 fully saturated rings. The Morgan fingerprint density at radius 3 is 1.53 bits per heavy atom. The van der Waals surface area contributed by atoms with E-state index >= 15 is 0 Å². The summed E-state index contributed by atoms with van der Waals surface area (Å²) >= 11 is 1.24. The highest BCUT2D eigenvalue weighted by Gasteiger charge is 2.32. The summed E-state index contributed by atoms with van der Waals surface area (Å²) in [6.45, 7) is 9.18. The van der Waals surface area contributed by atoms with Gasteiger partial charge in [0, 0.05) is 24.2 Å². The van der Waals surface area contributed by atoms with Crippen LogP contribution in [0.2, 0.25) is 0 Å². The number of amides is 4. The Labute approximate surface area is 353 Å². The highest BCUT2D eigenvalue weighted by atomic mass is 32.2.